The van der Waals surface area contributed by atoms with Gasteiger partial charge in [0.2, 0.25) is 5.91 Å². The summed E-state index contributed by atoms with van der Waals surface area (Å²) in [6.07, 6.45) is 2.12. The van der Waals surface area contributed by atoms with Crippen LogP contribution in [0.4, 0.5) is 5.69 Å². The van der Waals surface area contributed by atoms with E-state index >= 15 is 0 Å². The molecule has 2 aliphatic rings. The molecule has 1 aromatic carbocycles. The van der Waals surface area contributed by atoms with Crippen molar-refractivity contribution < 1.29 is 4.79 Å². The van der Waals surface area contributed by atoms with Crippen molar-refractivity contribution in [3.8, 4) is 0 Å². The van der Waals surface area contributed by atoms with Gasteiger partial charge in [0.1, 0.15) is 0 Å². The van der Waals surface area contributed by atoms with E-state index in [1.54, 1.807) is 0 Å². The average Bonchev–Trinajstić information content (AvgIpc) is 3.02. The monoisotopic (exact) mass is 259 g/mol. The second-order valence-electron chi connectivity index (χ2n) is 5.30. The lowest BCUT2D eigenvalue weighted by atomic mass is 10.1. The maximum atomic E-state index is 12.3. The number of anilines is 1. The van der Waals surface area contributed by atoms with Gasteiger partial charge in [-0.25, -0.2) is 0 Å². The highest BCUT2D eigenvalue weighted by atomic mass is 16.2. The van der Waals surface area contributed by atoms with Crippen LogP contribution in [0.25, 0.3) is 0 Å². The maximum absolute atomic E-state index is 12.3. The number of carbonyl (C=O) groups excluding carboxylic acids is 1. The highest BCUT2D eigenvalue weighted by Crippen LogP contribution is 2.17. The van der Waals surface area contributed by atoms with E-state index in [0.29, 0.717) is 5.91 Å². The zero-order valence-corrected chi connectivity index (χ0v) is 11.2. The summed E-state index contributed by atoms with van der Waals surface area (Å²) in [7, 11) is 0. The third-order valence-corrected chi connectivity index (χ3v) is 4.07. The van der Waals surface area contributed by atoms with Crippen LogP contribution in [0.5, 0.6) is 0 Å². The molecule has 0 radical (unpaired) electrons. The lowest BCUT2D eigenvalue weighted by molar-refractivity contribution is -0.133. The van der Waals surface area contributed by atoms with Gasteiger partial charge in [0.15, 0.2) is 0 Å². The minimum Gasteiger partial charge on any atom is -0.368 e. The number of piperazine rings is 1. The van der Waals surface area contributed by atoms with Crippen LogP contribution in [-0.4, -0.2) is 49.6 Å². The molecule has 3 rings (SSSR count). The molecule has 0 aromatic heterocycles. The van der Waals surface area contributed by atoms with Crippen LogP contribution in [0.2, 0.25) is 0 Å². The Hall–Kier alpha value is -1.55. The maximum Gasteiger partial charge on any atom is 0.239 e. The van der Waals surface area contributed by atoms with Gasteiger partial charge in [-0.3, -0.25) is 4.79 Å². The van der Waals surface area contributed by atoms with Crippen molar-refractivity contribution in [2.24, 2.45) is 0 Å². The number of hydrogen-bond acceptors (Lipinski definition) is 3. The number of nitrogens with one attached hydrogen (secondary N) is 1. The number of amides is 1. The molecular weight excluding hydrogens is 238 g/mol. The molecule has 0 unspecified atom stereocenters. The van der Waals surface area contributed by atoms with Crippen molar-refractivity contribution in [1.29, 1.82) is 0 Å². The first-order valence-corrected chi connectivity index (χ1v) is 7.17. The molecule has 102 valence electrons. The van der Waals surface area contributed by atoms with Crippen LogP contribution >= 0.6 is 0 Å². The number of nitrogens with zero attached hydrogens (tertiary/aromatic N) is 2. The summed E-state index contributed by atoms with van der Waals surface area (Å²) in [5.41, 5.74) is 1.26. The Balaban J connectivity index is 1.56. The minimum atomic E-state index is 0.0725. The lowest BCUT2D eigenvalue weighted by Crippen LogP contribution is -2.53. The lowest BCUT2D eigenvalue weighted by Gasteiger charge is -2.37. The predicted molar refractivity (Wildman–Crippen MR) is 76.3 cm³/mol. The van der Waals surface area contributed by atoms with E-state index in [1.165, 1.54) is 5.69 Å². The van der Waals surface area contributed by atoms with E-state index in [4.69, 9.17) is 0 Å². The highest BCUT2D eigenvalue weighted by Gasteiger charge is 2.29. The van der Waals surface area contributed by atoms with Gasteiger partial charge in [-0.05, 0) is 31.5 Å². The molecule has 1 aromatic rings. The van der Waals surface area contributed by atoms with Crippen LogP contribution in [0, 0.1) is 0 Å². The van der Waals surface area contributed by atoms with Gasteiger partial charge in [0.05, 0.1) is 6.04 Å². The molecule has 2 aliphatic heterocycles. The van der Waals surface area contributed by atoms with Crippen LogP contribution in [0.1, 0.15) is 12.8 Å². The zero-order valence-electron chi connectivity index (χ0n) is 11.2. The van der Waals surface area contributed by atoms with Crippen molar-refractivity contribution >= 4 is 11.6 Å². The fourth-order valence-electron chi connectivity index (χ4n) is 2.94. The molecule has 2 heterocycles. The second-order valence-corrected chi connectivity index (χ2v) is 5.30. The largest absolute Gasteiger partial charge is 0.368 e. The number of rotatable bonds is 2. The Morgan fingerprint density at radius 1 is 1.11 bits per heavy atom. The summed E-state index contributed by atoms with van der Waals surface area (Å²) in [6, 6.07) is 10.5. The number of para-hydroxylation sites is 1. The minimum absolute atomic E-state index is 0.0725. The Labute approximate surface area is 114 Å². The molecule has 1 N–H and O–H groups in total. The van der Waals surface area contributed by atoms with Gasteiger partial charge >= 0.3 is 0 Å². The number of carbonyl (C=O) groups is 1. The summed E-state index contributed by atoms with van der Waals surface area (Å²) in [4.78, 5) is 16.7. The summed E-state index contributed by atoms with van der Waals surface area (Å²) in [5, 5.41) is 3.29. The van der Waals surface area contributed by atoms with Gasteiger partial charge in [0.25, 0.3) is 0 Å². The predicted octanol–water partition coefficient (Wildman–Crippen LogP) is 1.09. The van der Waals surface area contributed by atoms with Gasteiger partial charge in [-0.1, -0.05) is 18.2 Å². The first-order chi connectivity index (χ1) is 9.34. The third kappa shape index (κ3) is 2.73. The number of benzene rings is 1. The van der Waals surface area contributed by atoms with Gasteiger partial charge in [0, 0.05) is 31.9 Å². The first kappa shape index (κ1) is 12.5. The smallest absolute Gasteiger partial charge is 0.239 e. The fourth-order valence-corrected chi connectivity index (χ4v) is 2.94. The van der Waals surface area contributed by atoms with E-state index in [1.807, 2.05) is 11.0 Å². The Bertz CT molecular complexity index is 420. The average molecular weight is 259 g/mol. The van der Waals surface area contributed by atoms with E-state index in [-0.39, 0.29) is 6.04 Å². The van der Waals surface area contributed by atoms with Crippen molar-refractivity contribution in [2.45, 2.75) is 18.9 Å². The van der Waals surface area contributed by atoms with Crippen molar-refractivity contribution in [1.82, 2.24) is 10.2 Å². The normalized spacial score (nSPS) is 23.7. The molecule has 0 aliphatic carbocycles. The number of hydrogen-bond donors (Lipinski definition) is 1. The molecule has 2 fully saturated rings. The van der Waals surface area contributed by atoms with Crippen LogP contribution in [-0.2, 0) is 4.79 Å². The van der Waals surface area contributed by atoms with Crippen molar-refractivity contribution in [3.05, 3.63) is 30.3 Å². The Morgan fingerprint density at radius 3 is 2.47 bits per heavy atom. The molecule has 4 heteroatoms. The van der Waals surface area contributed by atoms with Crippen LogP contribution < -0.4 is 10.2 Å². The molecule has 0 spiro atoms. The van der Waals surface area contributed by atoms with Gasteiger partial charge < -0.3 is 15.1 Å². The summed E-state index contributed by atoms with van der Waals surface area (Å²) in [5.74, 6) is 0.296. The van der Waals surface area contributed by atoms with Gasteiger partial charge in [-0.15, -0.1) is 0 Å². The molecule has 1 amide bonds. The highest BCUT2D eigenvalue weighted by molar-refractivity contribution is 5.82. The molecule has 19 heavy (non-hydrogen) atoms. The van der Waals surface area contributed by atoms with E-state index in [2.05, 4.69) is 34.5 Å². The van der Waals surface area contributed by atoms with Crippen molar-refractivity contribution in [2.75, 3.05) is 37.6 Å². The molecule has 2 saturated heterocycles. The molecule has 0 saturated carbocycles. The Morgan fingerprint density at radius 2 is 1.84 bits per heavy atom. The Kier molecular flexibility index (Phi) is 3.69. The van der Waals surface area contributed by atoms with Crippen LogP contribution in [0.15, 0.2) is 30.3 Å². The molecule has 1 atom stereocenters. The molecular formula is C15H21N3O. The summed E-state index contributed by atoms with van der Waals surface area (Å²) in [6.45, 7) is 4.53. The molecule has 0 bridgehead atoms. The van der Waals surface area contributed by atoms with E-state index in [0.717, 1.165) is 45.6 Å². The SMILES string of the molecule is O=C([C@H]1CCCN1)N1CCN(c2ccccc2)CC1. The standard InChI is InChI=1S/C15H21N3O/c19-15(14-7-4-8-16-14)18-11-9-17(10-12-18)13-5-2-1-3-6-13/h1-3,5-6,14,16H,4,7-12H2/t14-/m1/s1. The molecule has 4 nitrogen and oxygen atoms in total. The quantitative estimate of drug-likeness (QED) is 0.863. The van der Waals surface area contributed by atoms with Crippen molar-refractivity contribution in [3.63, 3.8) is 0 Å². The first-order valence-electron chi connectivity index (χ1n) is 7.17. The fraction of sp³-hybridized carbons (Fsp3) is 0.533. The van der Waals surface area contributed by atoms with Crippen LogP contribution in [0.3, 0.4) is 0 Å². The third-order valence-electron chi connectivity index (χ3n) is 4.07. The topological polar surface area (TPSA) is 35.6 Å². The summed E-state index contributed by atoms with van der Waals surface area (Å²) < 4.78 is 0. The van der Waals surface area contributed by atoms with E-state index < -0.39 is 0 Å². The zero-order chi connectivity index (χ0) is 13.1. The second kappa shape index (κ2) is 5.61. The summed E-state index contributed by atoms with van der Waals surface area (Å²) >= 11 is 0. The van der Waals surface area contributed by atoms with Gasteiger partial charge in [-0.2, -0.15) is 0 Å². The van der Waals surface area contributed by atoms with E-state index in [9.17, 15) is 4.79 Å².